The number of hydrogen-bond acceptors (Lipinski definition) is 2. The number of nitrogens with zero attached hydrogens (tertiary/aromatic N) is 1. The largest absolute Gasteiger partial charge is 0.327 e. The Balaban J connectivity index is 1.85. The first kappa shape index (κ1) is 15.3. The van der Waals surface area contributed by atoms with Crippen LogP contribution in [0.15, 0.2) is 0 Å². The lowest BCUT2D eigenvalue weighted by molar-refractivity contribution is 0.0908. The second-order valence-electron chi connectivity index (χ2n) is 7.73. The van der Waals surface area contributed by atoms with Gasteiger partial charge in [0, 0.05) is 18.6 Å². The fourth-order valence-electron chi connectivity index (χ4n) is 4.45. The standard InChI is InChI=1S/C17H34N2/c1-12-5-7-15(8-6-12)19(4)11-16-14(3)9-13(2)10-17(16)18/h12-17H,5-11,18H2,1-4H3. The molecule has 112 valence electrons. The van der Waals surface area contributed by atoms with Gasteiger partial charge in [-0.05, 0) is 69.2 Å². The van der Waals surface area contributed by atoms with E-state index in [-0.39, 0.29) is 0 Å². The van der Waals surface area contributed by atoms with Crippen LogP contribution in [0.2, 0.25) is 0 Å². The monoisotopic (exact) mass is 266 g/mol. The van der Waals surface area contributed by atoms with Gasteiger partial charge in [0.15, 0.2) is 0 Å². The molecule has 19 heavy (non-hydrogen) atoms. The van der Waals surface area contributed by atoms with Gasteiger partial charge >= 0.3 is 0 Å². The summed E-state index contributed by atoms with van der Waals surface area (Å²) in [6.45, 7) is 8.39. The molecule has 0 aromatic carbocycles. The van der Waals surface area contributed by atoms with Crippen LogP contribution in [-0.2, 0) is 0 Å². The summed E-state index contributed by atoms with van der Waals surface area (Å²) in [6, 6.07) is 1.23. The predicted octanol–water partition coefficient (Wildman–Crippen LogP) is 3.51. The third-order valence-corrected chi connectivity index (χ3v) is 5.84. The quantitative estimate of drug-likeness (QED) is 0.847. The third-order valence-electron chi connectivity index (χ3n) is 5.84. The van der Waals surface area contributed by atoms with Crippen molar-refractivity contribution in [2.45, 2.75) is 71.4 Å². The summed E-state index contributed by atoms with van der Waals surface area (Å²) in [4.78, 5) is 2.63. The van der Waals surface area contributed by atoms with E-state index in [2.05, 4.69) is 32.7 Å². The molecule has 0 bridgehead atoms. The predicted molar refractivity (Wildman–Crippen MR) is 83.1 cm³/mol. The van der Waals surface area contributed by atoms with Gasteiger partial charge in [-0.15, -0.1) is 0 Å². The van der Waals surface area contributed by atoms with Crippen molar-refractivity contribution in [3.05, 3.63) is 0 Å². The van der Waals surface area contributed by atoms with Crippen LogP contribution in [0, 0.1) is 23.7 Å². The van der Waals surface area contributed by atoms with Crippen molar-refractivity contribution in [3.8, 4) is 0 Å². The molecule has 4 unspecified atom stereocenters. The lowest BCUT2D eigenvalue weighted by atomic mass is 9.72. The van der Waals surface area contributed by atoms with Crippen LogP contribution in [0.3, 0.4) is 0 Å². The van der Waals surface area contributed by atoms with E-state index >= 15 is 0 Å². The molecule has 0 aromatic heterocycles. The van der Waals surface area contributed by atoms with Crippen molar-refractivity contribution in [3.63, 3.8) is 0 Å². The van der Waals surface area contributed by atoms with Crippen molar-refractivity contribution >= 4 is 0 Å². The van der Waals surface area contributed by atoms with E-state index in [4.69, 9.17) is 5.73 Å². The lowest BCUT2D eigenvalue weighted by Gasteiger charge is -2.42. The molecule has 2 fully saturated rings. The highest BCUT2D eigenvalue weighted by Gasteiger charge is 2.33. The van der Waals surface area contributed by atoms with Gasteiger partial charge in [-0.2, -0.15) is 0 Å². The molecule has 2 N–H and O–H groups in total. The Hall–Kier alpha value is -0.0800. The topological polar surface area (TPSA) is 29.3 Å². The Bertz CT molecular complexity index is 258. The SMILES string of the molecule is CC1CCC(N(C)CC2C(C)CC(C)CC2N)CC1. The zero-order chi connectivity index (χ0) is 14.0. The van der Waals surface area contributed by atoms with Gasteiger partial charge in [-0.1, -0.05) is 20.8 Å². The molecule has 2 aliphatic carbocycles. The lowest BCUT2D eigenvalue weighted by Crippen LogP contribution is -2.48. The molecule has 0 aromatic rings. The molecular weight excluding hydrogens is 232 g/mol. The van der Waals surface area contributed by atoms with E-state index in [1.807, 2.05) is 0 Å². The summed E-state index contributed by atoms with van der Waals surface area (Å²) in [5.41, 5.74) is 6.43. The van der Waals surface area contributed by atoms with E-state index in [0.29, 0.717) is 12.0 Å². The molecule has 0 radical (unpaired) electrons. The fourth-order valence-corrected chi connectivity index (χ4v) is 4.45. The van der Waals surface area contributed by atoms with Crippen molar-refractivity contribution in [1.82, 2.24) is 4.90 Å². The highest BCUT2D eigenvalue weighted by molar-refractivity contribution is 4.88. The molecule has 2 heteroatoms. The van der Waals surface area contributed by atoms with Crippen LogP contribution >= 0.6 is 0 Å². The van der Waals surface area contributed by atoms with E-state index < -0.39 is 0 Å². The number of nitrogens with two attached hydrogens (primary N) is 1. The molecule has 0 aliphatic heterocycles. The van der Waals surface area contributed by atoms with Crippen LogP contribution in [0.25, 0.3) is 0 Å². The van der Waals surface area contributed by atoms with Crippen molar-refractivity contribution in [2.24, 2.45) is 29.4 Å². The second kappa shape index (κ2) is 6.58. The van der Waals surface area contributed by atoms with Crippen LogP contribution in [-0.4, -0.2) is 30.6 Å². The Morgan fingerprint density at radius 3 is 2.16 bits per heavy atom. The Morgan fingerprint density at radius 2 is 1.58 bits per heavy atom. The van der Waals surface area contributed by atoms with Gasteiger partial charge in [-0.3, -0.25) is 0 Å². The fraction of sp³-hybridized carbons (Fsp3) is 1.00. The Labute approximate surface area is 120 Å². The first-order valence-corrected chi connectivity index (χ1v) is 8.43. The minimum Gasteiger partial charge on any atom is -0.327 e. The minimum atomic E-state index is 0.420. The van der Waals surface area contributed by atoms with Gasteiger partial charge < -0.3 is 10.6 Å². The molecule has 2 aliphatic rings. The van der Waals surface area contributed by atoms with Crippen LogP contribution in [0.1, 0.15) is 59.3 Å². The molecule has 0 spiro atoms. The molecule has 0 amide bonds. The molecule has 0 heterocycles. The van der Waals surface area contributed by atoms with Gasteiger partial charge in [0.1, 0.15) is 0 Å². The summed E-state index contributed by atoms with van der Waals surface area (Å²) in [6.07, 6.45) is 8.21. The van der Waals surface area contributed by atoms with Gasteiger partial charge in [0.05, 0.1) is 0 Å². The maximum Gasteiger partial charge on any atom is 0.00925 e. The average Bonchev–Trinajstić information content (AvgIpc) is 2.34. The summed E-state index contributed by atoms with van der Waals surface area (Å²) in [5.74, 6) is 3.27. The Kier molecular flexibility index (Phi) is 5.30. The highest BCUT2D eigenvalue weighted by atomic mass is 15.1. The smallest absolute Gasteiger partial charge is 0.00925 e. The zero-order valence-electron chi connectivity index (χ0n) is 13.4. The van der Waals surface area contributed by atoms with Crippen molar-refractivity contribution in [2.75, 3.05) is 13.6 Å². The van der Waals surface area contributed by atoms with E-state index in [1.54, 1.807) is 0 Å². The Morgan fingerprint density at radius 1 is 0.947 bits per heavy atom. The zero-order valence-corrected chi connectivity index (χ0v) is 13.4. The molecule has 2 nitrogen and oxygen atoms in total. The summed E-state index contributed by atoms with van der Waals surface area (Å²) >= 11 is 0. The summed E-state index contributed by atoms with van der Waals surface area (Å²) < 4.78 is 0. The van der Waals surface area contributed by atoms with Crippen LogP contribution in [0.4, 0.5) is 0 Å². The molecule has 2 rings (SSSR count). The summed E-state index contributed by atoms with van der Waals surface area (Å²) in [7, 11) is 2.33. The molecule has 2 saturated carbocycles. The highest BCUT2D eigenvalue weighted by Crippen LogP contribution is 2.34. The molecular formula is C17H34N2. The maximum absolute atomic E-state index is 6.43. The normalized spacial score (nSPS) is 44.5. The molecule has 0 saturated heterocycles. The van der Waals surface area contributed by atoms with Crippen molar-refractivity contribution in [1.29, 1.82) is 0 Å². The number of hydrogen-bond donors (Lipinski definition) is 1. The number of rotatable bonds is 3. The molecule has 4 atom stereocenters. The van der Waals surface area contributed by atoms with Crippen LogP contribution < -0.4 is 5.73 Å². The first-order chi connectivity index (χ1) is 8.97. The van der Waals surface area contributed by atoms with Crippen LogP contribution in [0.5, 0.6) is 0 Å². The van der Waals surface area contributed by atoms with Crippen molar-refractivity contribution < 1.29 is 0 Å². The van der Waals surface area contributed by atoms with Gasteiger partial charge in [0.2, 0.25) is 0 Å². The van der Waals surface area contributed by atoms with E-state index in [9.17, 15) is 0 Å². The second-order valence-corrected chi connectivity index (χ2v) is 7.73. The van der Waals surface area contributed by atoms with Gasteiger partial charge in [0.25, 0.3) is 0 Å². The maximum atomic E-state index is 6.43. The third kappa shape index (κ3) is 3.95. The van der Waals surface area contributed by atoms with E-state index in [1.165, 1.54) is 45.1 Å². The first-order valence-electron chi connectivity index (χ1n) is 8.43. The van der Waals surface area contributed by atoms with E-state index in [0.717, 1.165) is 23.8 Å². The van der Waals surface area contributed by atoms with Gasteiger partial charge in [-0.25, -0.2) is 0 Å². The summed E-state index contributed by atoms with van der Waals surface area (Å²) in [5, 5.41) is 0. The average molecular weight is 266 g/mol. The minimum absolute atomic E-state index is 0.420.